The Morgan fingerprint density at radius 2 is 1.42 bits per heavy atom. The number of ether oxygens (including phenoxy) is 3. The molecule has 0 radical (unpaired) electrons. The van der Waals surface area contributed by atoms with Crippen LogP contribution in [0.5, 0.6) is 0 Å². The van der Waals surface area contributed by atoms with Crippen molar-refractivity contribution in [1.82, 2.24) is 0 Å². The van der Waals surface area contributed by atoms with Gasteiger partial charge in [0.2, 0.25) is 12.5 Å². The van der Waals surface area contributed by atoms with Gasteiger partial charge in [-0.3, -0.25) is 0 Å². The molecule has 0 saturated carbocycles. The molecule has 1 saturated heterocycles. The second-order valence-electron chi connectivity index (χ2n) is 5.90. The normalized spacial score (nSPS) is 24.8. The van der Waals surface area contributed by atoms with Crippen molar-refractivity contribution in [3.63, 3.8) is 0 Å². The van der Waals surface area contributed by atoms with Gasteiger partial charge in [-0.25, -0.2) is 14.0 Å². The van der Waals surface area contributed by atoms with Gasteiger partial charge in [-0.15, -0.1) is 0 Å². The predicted molar refractivity (Wildman–Crippen MR) is 91.4 cm³/mol. The van der Waals surface area contributed by atoms with E-state index in [-0.39, 0.29) is 0 Å². The Bertz CT molecular complexity index is 749. The molecule has 0 N–H and O–H groups in total. The van der Waals surface area contributed by atoms with E-state index in [0.717, 1.165) is 0 Å². The van der Waals surface area contributed by atoms with Crippen LogP contribution in [0.3, 0.4) is 0 Å². The maximum atomic E-state index is 14.8. The van der Waals surface area contributed by atoms with E-state index >= 15 is 0 Å². The minimum atomic E-state index is -1.76. The molecule has 0 aliphatic carbocycles. The smallest absolute Gasteiger partial charge is 0.340 e. The predicted octanol–water partition coefficient (Wildman–Crippen LogP) is 3.54. The first-order valence-electron chi connectivity index (χ1n) is 8.41. The van der Waals surface area contributed by atoms with Gasteiger partial charge in [-0.2, -0.15) is 0 Å². The Morgan fingerprint density at radius 1 is 0.923 bits per heavy atom. The Balaban J connectivity index is 1.67. The van der Waals surface area contributed by atoms with Gasteiger partial charge in [0.05, 0.1) is 11.1 Å². The van der Waals surface area contributed by atoms with Gasteiger partial charge < -0.3 is 14.2 Å². The van der Waals surface area contributed by atoms with Crippen molar-refractivity contribution >= 4 is 11.9 Å². The summed E-state index contributed by atoms with van der Waals surface area (Å²) >= 11 is 0. The minimum absolute atomic E-state index is 0.293. The number of halogens is 1. The third-order valence-electron chi connectivity index (χ3n) is 4.14. The van der Waals surface area contributed by atoms with Gasteiger partial charge in [0.25, 0.3) is 0 Å². The summed E-state index contributed by atoms with van der Waals surface area (Å²) in [5, 5.41) is 0. The van der Waals surface area contributed by atoms with Crippen molar-refractivity contribution in [3.8, 4) is 0 Å². The summed E-state index contributed by atoms with van der Waals surface area (Å²) in [5.74, 6) is -1.33. The van der Waals surface area contributed by atoms with Crippen molar-refractivity contribution in [2.24, 2.45) is 0 Å². The maximum Gasteiger partial charge on any atom is 0.340 e. The zero-order valence-electron chi connectivity index (χ0n) is 14.2. The van der Waals surface area contributed by atoms with Crippen LogP contribution in [0.2, 0.25) is 0 Å². The quantitative estimate of drug-likeness (QED) is 0.765. The van der Waals surface area contributed by atoms with E-state index in [4.69, 9.17) is 14.2 Å². The van der Waals surface area contributed by atoms with Gasteiger partial charge in [-0.05, 0) is 30.7 Å². The molecule has 4 atom stereocenters. The molecule has 0 spiro atoms. The van der Waals surface area contributed by atoms with Crippen LogP contribution in [-0.2, 0) is 14.2 Å². The summed E-state index contributed by atoms with van der Waals surface area (Å²) in [4.78, 5) is 24.3. The van der Waals surface area contributed by atoms with Crippen LogP contribution in [0.15, 0.2) is 60.7 Å². The van der Waals surface area contributed by atoms with E-state index in [1.807, 2.05) is 0 Å². The molecule has 6 heteroatoms. The molecule has 26 heavy (non-hydrogen) atoms. The van der Waals surface area contributed by atoms with E-state index in [9.17, 15) is 14.0 Å². The van der Waals surface area contributed by atoms with Crippen LogP contribution in [-0.4, -0.2) is 36.6 Å². The topological polar surface area (TPSA) is 61.8 Å². The highest BCUT2D eigenvalue weighted by Crippen LogP contribution is 2.30. The van der Waals surface area contributed by atoms with Gasteiger partial charge >= 0.3 is 11.9 Å². The van der Waals surface area contributed by atoms with Crippen LogP contribution < -0.4 is 0 Å². The fourth-order valence-electron chi connectivity index (χ4n) is 2.76. The molecule has 1 unspecified atom stereocenters. The lowest BCUT2D eigenvalue weighted by Gasteiger charge is -2.18. The number of hydrogen-bond donors (Lipinski definition) is 0. The van der Waals surface area contributed by atoms with Gasteiger partial charge in [0.1, 0.15) is 6.10 Å². The van der Waals surface area contributed by atoms with Crippen molar-refractivity contribution in [2.45, 2.75) is 38.0 Å². The second-order valence-corrected chi connectivity index (χ2v) is 5.90. The standard InChI is InChI=1S/C20H19FO5/c1-2-15-17(25-18(22)13-9-5-3-6-10-13)16(21)20(24-15)26-19(23)14-11-7-4-8-12-14/h3-12,15-17,20H,2H2,1H3/t15-,16+,17-,20?/m0/s1. The number of esters is 2. The largest absolute Gasteiger partial charge is 0.453 e. The van der Waals surface area contributed by atoms with E-state index < -0.39 is 36.6 Å². The van der Waals surface area contributed by atoms with Crippen molar-refractivity contribution < 1.29 is 28.2 Å². The van der Waals surface area contributed by atoms with Crippen molar-refractivity contribution in [2.75, 3.05) is 0 Å². The van der Waals surface area contributed by atoms with Crippen molar-refractivity contribution in [3.05, 3.63) is 71.8 Å². The SMILES string of the molecule is CC[C@@H]1OC(OC(=O)c2ccccc2)[C@H](F)[C@H]1OC(=O)c1ccccc1. The monoisotopic (exact) mass is 358 g/mol. The van der Waals surface area contributed by atoms with Gasteiger partial charge in [0.15, 0.2) is 6.10 Å². The fraction of sp³-hybridized carbons (Fsp3) is 0.300. The Morgan fingerprint density at radius 3 is 1.92 bits per heavy atom. The molecule has 0 bridgehead atoms. The molecule has 1 fully saturated rings. The Labute approximate surface area is 150 Å². The highest BCUT2D eigenvalue weighted by atomic mass is 19.1. The number of carbonyl (C=O) groups excluding carboxylic acids is 2. The minimum Gasteiger partial charge on any atom is -0.453 e. The zero-order valence-corrected chi connectivity index (χ0v) is 14.2. The highest BCUT2D eigenvalue weighted by molar-refractivity contribution is 5.90. The van der Waals surface area contributed by atoms with Crippen LogP contribution >= 0.6 is 0 Å². The van der Waals surface area contributed by atoms with E-state index in [1.54, 1.807) is 67.6 Å². The summed E-state index contributed by atoms with van der Waals surface area (Å²) in [5.41, 5.74) is 0.611. The molecular formula is C20H19FO5. The lowest BCUT2D eigenvalue weighted by atomic mass is 10.1. The molecule has 1 aliphatic rings. The van der Waals surface area contributed by atoms with Gasteiger partial charge in [-0.1, -0.05) is 43.3 Å². The molecule has 5 nitrogen and oxygen atoms in total. The first-order chi connectivity index (χ1) is 12.6. The number of benzene rings is 2. The molecule has 136 valence electrons. The molecular weight excluding hydrogens is 339 g/mol. The van der Waals surface area contributed by atoms with Crippen LogP contribution in [0.4, 0.5) is 4.39 Å². The third-order valence-corrected chi connectivity index (χ3v) is 4.14. The van der Waals surface area contributed by atoms with E-state index in [2.05, 4.69) is 0 Å². The number of hydrogen-bond acceptors (Lipinski definition) is 5. The summed E-state index contributed by atoms with van der Waals surface area (Å²) in [6, 6.07) is 16.6. The van der Waals surface area contributed by atoms with Crippen LogP contribution in [0.25, 0.3) is 0 Å². The molecule has 0 aromatic heterocycles. The molecule has 3 rings (SSSR count). The number of alkyl halides is 1. The number of rotatable bonds is 5. The first kappa shape index (κ1) is 18.1. The zero-order chi connectivity index (χ0) is 18.5. The average molecular weight is 358 g/mol. The average Bonchev–Trinajstić information content (AvgIpc) is 2.98. The first-order valence-corrected chi connectivity index (χ1v) is 8.41. The van der Waals surface area contributed by atoms with Gasteiger partial charge in [0, 0.05) is 0 Å². The molecule has 1 heterocycles. The summed E-state index contributed by atoms with van der Waals surface area (Å²) in [7, 11) is 0. The van der Waals surface area contributed by atoms with E-state index in [1.165, 1.54) is 0 Å². The lowest BCUT2D eigenvalue weighted by molar-refractivity contribution is -0.121. The molecule has 2 aromatic rings. The third kappa shape index (κ3) is 3.91. The van der Waals surface area contributed by atoms with Crippen molar-refractivity contribution in [1.29, 1.82) is 0 Å². The van der Waals surface area contributed by atoms with Crippen LogP contribution in [0.1, 0.15) is 34.1 Å². The summed E-state index contributed by atoms with van der Waals surface area (Å²) in [6.45, 7) is 1.78. The lowest BCUT2D eigenvalue weighted by Crippen LogP contribution is -2.35. The van der Waals surface area contributed by atoms with E-state index in [0.29, 0.717) is 17.5 Å². The number of carbonyl (C=O) groups is 2. The second kappa shape index (κ2) is 8.10. The van der Waals surface area contributed by atoms with Crippen LogP contribution in [0, 0.1) is 0 Å². The summed E-state index contributed by atoms with van der Waals surface area (Å²) < 4.78 is 30.7. The molecule has 0 amide bonds. The summed E-state index contributed by atoms with van der Waals surface area (Å²) in [6.07, 6.45) is -4.60. The Hall–Kier alpha value is -2.73. The Kier molecular flexibility index (Phi) is 5.63. The highest BCUT2D eigenvalue weighted by Gasteiger charge is 2.49. The fourth-order valence-corrected chi connectivity index (χ4v) is 2.76. The molecule has 1 aliphatic heterocycles. The molecule has 2 aromatic carbocycles. The maximum absolute atomic E-state index is 14.8.